The number of sulfonamides is 1. The Kier molecular flexibility index (Phi) is 9.69. The first kappa shape index (κ1) is 27.9. The molecule has 10 heteroatoms. The van der Waals surface area contributed by atoms with Crippen LogP contribution in [-0.2, 0) is 32.6 Å². The van der Waals surface area contributed by atoms with E-state index in [0.29, 0.717) is 10.2 Å². The number of benzene rings is 3. The second kappa shape index (κ2) is 12.5. The van der Waals surface area contributed by atoms with E-state index in [0.717, 1.165) is 26.2 Å². The van der Waals surface area contributed by atoms with Gasteiger partial charge in [0.15, 0.2) is 0 Å². The van der Waals surface area contributed by atoms with Crippen LogP contribution >= 0.6 is 31.9 Å². The Morgan fingerprint density at radius 3 is 2.14 bits per heavy atom. The number of nitrogens with one attached hydrogen (secondary N) is 1. The molecule has 1 N–H and O–H groups in total. The lowest BCUT2D eigenvalue weighted by Crippen LogP contribution is -2.52. The van der Waals surface area contributed by atoms with Crippen molar-refractivity contribution in [2.75, 3.05) is 24.2 Å². The summed E-state index contributed by atoms with van der Waals surface area (Å²) in [4.78, 5) is 28.3. The van der Waals surface area contributed by atoms with Gasteiger partial charge < -0.3 is 10.2 Å². The molecule has 0 radical (unpaired) electrons. The third kappa shape index (κ3) is 7.65. The monoisotopic (exact) mass is 635 g/mol. The molecule has 3 aromatic carbocycles. The number of likely N-dealkylation sites (N-methyl/N-ethyl adjacent to an activating group) is 1. The topological polar surface area (TPSA) is 86.8 Å². The van der Waals surface area contributed by atoms with E-state index in [2.05, 4.69) is 37.2 Å². The summed E-state index contributed by atoms with van der Waals surface area (Å²) in [6, 6.07) is 22.7. The van der Waals surface area contributed by atoms with Crippen LogP contribution in [0.4, 0.5) is 5.69 Å². The van der Waals surface area contributed by atoms with Gasteiger partial charge >= 0.3 is 0 Å². The molecule has 0 heterocycles. The first-order valence-corrected chi connectivity index (χ1v) is 14.5. The van der Waals surface area contributed by atoms with E-state index in [4.69, 9.17) is 0 Å². The lowest BCUT2D eigenvalue weighted by atomic mass is 10.0. The SMILES string of the molecule is CNC(=O)[C@@H](Cc1ccccc1)N(Cc1ccc(Br)cc1)C(=O)CN(c1cccc(Br)c1)S(C)(=O)=O. The number of halogens is 2. The van der Waals surface area contributed by atoms with Crippen LogP contribution in [0.25, 0.3) is 0 Å². The molecule has 3 rings (SSSR count). The first-order valence-electron chi connectivity index (χ1n) is 11.1. The number of carbonyl (C=O) groups is 2. The highest BCUT2D eigenvalue weighted by Gasteiger charge is 2.32. The molecule has 0 saturated carbocycles. The Labute approximate surface area is 228 Å². The molecule has 0 aliphatic heterocycles. The molecular weight excluding hydrogens is 610 g/mol. The van der Waals surface area contributed by atoms with Crippen LogP contribution in [0.1, 0.15) is 11.1 Å². The third-order valence-electron chi connectivity index (χ3n) is 5.56. The minimum atomic E-state index is -3.79. The van der Waals surface area contributed by atoms with E-state index < -0.39 is 28.5 Å². The first-order chi connectivity index (χ1) is 17.1. The number of hydrogen-bond acceptors (Lipinski definition) is 4. The van der Waals surface area contributed by atoms with Gasteiger partial charge in [0.1, 0.15) is 12.6 Å². The minimum Gasteiger partial charge on any atom is -0.357 e. The molecule has 36 heavy (non-hydrogen) atoms. The predicted octanol–water partition coefficient (Wildman–Crippen LogP) is 4.36. The average Bonchev–Trinajstić information content (AvgIpc) is 2.85. The van der Waals surface area contributed by atoms with Crippen molar-refractivity contribution in [2.45, 2.75) is 19.0 Å². The molecule has 1 atom stereocenters. The number of amides is 2. The van der Waals surface area contributed by atoms with E-state index in [-0.39, 0.29) is 18.9 Å². The summed E-state index contributed by atoms with van der Waals surface area (Å²) in [5, 5.41) is 2.66. The van der Waals surface area contributed by atoms with Crippen LogP contribution in [0.5, 0.6) is 0 Å². The lowest BCUT2D eigenvalue weighted by Gasteiger charge is -2.33. The van der Waals surface area contributed by atoms with Crippen LogP contribution in [-0.4, -0.2) is 51.0 Å². The molecule has 0 spiro atoms. The van der Waals surface area contributed by atoms with Crippen molar-refractivity contribution >= 4 is 59.4 Å². The van der Waals surface area contributed by atoms with Crippen LogP contribution in [0, 0.1) is 0 Å². The van der Waals surface area contributed by atoms with E-state index in [1.807, 2.05) is 54.6 Å². The van der Waals surface area contributed by atoms with Crippen molar-refractivity contribution < 1.29 is 18.0 Å². The molecule has 0 bridgehead atoms. The van der Waals surface area contributed by atoms with Crippen molar-refractivity contribution in [2.24, 2.45) is 0 Å². The molecule has 3 aromatic rings. The fraction of sp³-hybridized carbons (Fsp3) is 0.231. The molecule has 0 unspecified atom stereocenters. The zero-order chi connectivity index (χ0) is 26.3. The van der Waals surface area contributed by atoms with Gasteiger partial charge in [0.05, 0.1) is 11.9 Å². The molecule has 2 amide bonds. The largest absolute Gasteiger partial charge is 0.357 e. The Morgan fingerprint density at radius 1 is 0.889 bits per heavy atom. The van der Waals surface area contributed by atoms with Crippen molar-refractivity contribution in [1.82, 2.24) is 10.2 Å². The van der Waals surface area contributed by atoms with Gasteiger partial charge in [-0.2, -0.15) is 0 Å². The number of anilines is 1. The molecule has 7 nitrogen and oxygen atoms in total. The van der Waals surface area contributed by atoms with Gasteiger partial charge in [-0.25, -0.2) is 8.42 Å². The predicted molar refractivity (Wildman–Crippen MR) is 149 cm³/mol. The maximum atomic E-state index is 13.8. The number of nitrogens with zero attached hydrogens (tertiary/aromatic N) is 2. The normalized spacial score (nSPS) is 12.0. The summed E-state index contributed by atoms with van der Waals surface area (Å²) in [5.41, 5.74) is 2.04. The van der Waals surface area contributed by atoms with Gasteiger partial charge in [-0.1, -0.05) is 80.4 Å². The Bertz CT molecular complexity index is 1300. The Morgan fingerprint density at radius 2 is 1.56 bits per heavy atom. The standard InChI is InChI=1S/C26H27Br2N3O4S/c1-29-26(33)24(15-19-7-4-3-5-8-19)30(17-20-11-13-21(27)14-12-20)25(32)18-31(36(2,34)35)23-10-6-9-22(28)16-23/h3-14,16,24H,15,17-18H2,1-2H3,(H,29,33)/t24-/m1/s1. The van der Waals surface area contributed by atoms with Crippen molar-refractivity contribution in [3.8, 4) is 0 Å². The van der Waals surface area contributed by atoms with E-state index >= 15 is 0 Å². The molecule has 0 saturated heterocycles. The summed E-state index contributed by atoms with van der Waals surface area (Å²) in [7, 11) is -2.27. The van der Waals surface area contributed by atoms with Gasteiger partial charge in [-0.3, -0.25) is 13.9 Å². The second-order valence-corrected chi connectivity index (χ2v) is 12.0. The van der Waals surface area contributed by atoms with Gasteiger partial charge in [0, 0.05) is 29.0 Å². The summed E-state index contributed by atoms with van der Waals surface area (Å²) in [6.45, 7) is -0.318. The van der Waals surface area contributed by atoms with Gasteiger partial charge in [0.2, 0.25) is 21.8 Å². The smallest absolute Gasteiger partial charge is 0.244 e. The van der Waals surface area contributed by atoms with Crippen molar-refractivity contribution in [3.05, 3.63) is 98.9 Å². The second-order valence-electron chi connectivity index (χ2n) is 8.22. The molecule has 0 aromatic heterocycles. The summed E-state index contributed by atoms with van der Waals surface area (Å²) in [5.74, 6) is -0.828. The summed E-state index contributed by atoms with van der Waals surface area (Å²) >= 11 is 6.77. The fourth-order valence-corrected chi connectivity index (χ4v) is 5.24. The van der Waals surface area contributed by atoms with Crippen LogP contribution in [0.3, 0.4) is 0 Å². The maximum absolute atomic E-state index is 13.8. The Hall–Kier alpha value is -2.69. The molecular formula is C26H27Br2N3O4S. The van der Waals surface area contributed by atoms with Gasteiger partial charge in [-0.05, 0) is 41.5 Å². The molecule has 0 aliphatic rings. The third-order valence-corrected chi connectivity index (χ3v) is 7.72. The highest BCUT2D eigenvalue weighted by atomic mass is 79.9. The Balaban J connectivity index is 2.01. The minimum absolute atomic E-state index is 0.132. The maximum Gasteiger partial charge on any atom is 0.244 e. The number of rotatable bonds is 10. The van der Waals surface area contributed by atoms with Crippen LogP contribution in [0.15, 0.2) is 87.8 Å². The molecule has 0 fully saturated rings. The average molecular weight is 637 g/mol. The zero-order valence-corrected chi connectivity index (χ0v) is 23.9. The van der Waals surface area contributed by atoms with Crippen LogP contribution < -0.4 is 9.62 Å². The van der Waals surface area contributed by atoms with Crippen LogP contribution in [0.2, 0.25) is 0 Å². The summed E-state index contributed by atoms with van der Waals surface area (Å²) in [6.07, 6.45) is 1.33. The lowest BCUT2D eigenvalue weighted by molar-refractivity contribution is -0.139. The van der Waals surface area contributed by atoms with E-state index in [1.54, 1.807) is 24.3 Å². The number of hydrogen-bond donors (Lipinski definition) is 1. The van der Waals surface area contributed by atoms with Crippen molar-refractivity contribution in [3.63, 3.8) is 0 Å². The van der Waals surface area contributed by atoms with E-state index in [1.165, 1.54) is 11.9 Å². The quantitative estimate of drug-likeness (QED) is 0.358. The van der Waals surface area contributed by atoms with Gasteiger partial charge in [0.25, 0.3) is 0 Å². The highest BCUT2D eigenvalue weighted by molar-refractivity contribution is 9.10. The molecule has 0 aliphatic carbocycles. The molecule has 190 valence electrons. The number of carbonyl (C=O) groups excluding carboxylic acids is 2. The zero-order valence-electron chi connectivity index (χ0n) is 19.9. The van der Waals surface area contributed by atoms with E-state index in [9.17, 15) is 18.0 Å². The fourth-order valence-electron chi connectivity index (χ4n) is 3.75. The summed E-state index contributed by atoms with van der Waals surface area (Å²) < 4.78 is 28.0. The highest BCUT2D eigenvalue weighted by Crippen LogP contribution is 2.23. The van der Waals surface area contributed by atoms with Crippen molar-refractivity contribution in [1.29, 1.82) is 0 Å². The van der Waals surface area contributed by atoms with Gasteiger partial charge in [-0.15, -0.1) is 0 Å².